The zero-order valence-corrected chi connectivity index (χ0v) is 10.9. The van der Waals surface area contributed by atoms with E-state index in [-0.39, 0.29) is 17.9 Å². The van der Waals surface area contributed by atoms with Gasteiger partial charge in [-0.3, -0.25) is 9.59 Å². The molecule has 0 bridgehead atoms. The zero-order chi connectivity index (χ0) is 12.7. The van der Waals surface area contributed by atoms with Crippen molar-refractivity contribution in [2.45, 2.75) is 57.5 Å². The van der Waals surface area contributed by atoms with Gasteiger partial charge in [0.2, 0.25) is 11.8 Å². The Labute approximate surface area is 108 Å². The van der Waals surface area contributed by atoms with Gasteiger partial charge in [-0.05, 0) is 30.6 Å². The minimum atomic E-state index is -0.302. The van der Waals surface area contributed by atoms with Crippen molar-refractivity contribution in [2.24, 2.45) is 17.8 Å². The van der Waals surface area contributed by atoms with E-state index in [0.717, 1.165) is 24.7 Å². The molecule has 1 heterocycles. The van der Waals surface area contributed by atoms with Crippen molar-refractivity contribution in [1.29, 1.82) is 0 Å². The molecule has 2 saturated carbocycles. The highest BCUT2D eigenvalue weighted by Crippen LogP contribution is 2.47. The van der Waals surface area contributed by atoms with E-state index in [1.165, 1.54) is 19.3 Å². The summed E-state index contributed by atoms with van der Waals surface area (Å²) in [6, 6.07) is 0.0841. The average Bonchev–Trinajstić information content (AvgIpc) is 2.92. The summed E-state index contributed by atoms with van der Waals surface area (Å²) in [4.78, 5) is 23.5. The number of rotatable bonds is 3. The molecular formula is C14H22N2O2. The molecule has 2 N–H and O–H groups in total. The van der Waals surface area contributed by atoms with Crippen LogP contribution in [-0.2, 0) is 9.59 Å². The number of piperidine rings is 1. The Morgan fingerprint density at radius 1 is 1.33 bits per heavy atom. The summed E-state index contributed by atoms with van der Waals surface area (Å²) >= 11 is 0. The van der Waals surface area contributed by atoms with E-state index in [0.29, 0.717) is 18.4 Å². The van der Waals surface area contributed by atoms with E-state index < -0.39 is 0 Å². The van der Waals surface area contributed by atoms with Crippen molar-refractivity contribution in [3.63, 3.8) is 0 Å². The second-order valence-electron chi connectivity index (χ2n) is 6.37. The highest BCUT2D eigenvalue weighted by atomic mass is 16.2. The first-order chi connectivity index (χ1) is 8.63. The van der Waals surface area contributed by atoms with Gasteiger partial charge in [0, 0.05) is 12.5 Å². The summed E-state index contributed by atoms with van der Waals surface area (Å²) in [6.45, 7) is 2.04. The molecule has 2 aliphatic carbocycles. The van der Waals surface area contributed by atoms with Crippen molar-refractivity contribution in [2.75, 3.05) is 0 Å². The molecule has 3 aliphatic rings. The number of carbonyl (C=O) groups is 2. The fraction of sp³-hybridized carbons (Fsp3) is 0.857. The van der Waals surface area contributed by atoms with Crippen molar-refractivity contribution >= 4 is 11.8 Å². The fourth-order valence-electron chi connectivity index (χ4n) is 3.34. The number of hydrogen-bond donors (Lipinski definition) is 2. The first kappa shape index (κ1) is 12.0. The van der Waals surface area contributed by atoms with Crippen LogP contribution in [0.5, 0.6) is 0 Å². The van der Waals surface area contributed by atoms with Crippen molar-refractivity contribution in [1.82, 2.24) is 10.6 Å². The van der Waals surface area contributed by atoms with Gasteiger partial charge in [0.15, 0.2) is 0 Å². The summed E-state index contributed by atoms with van der Waals surface area (Å²) in [5.74, 6) is 1.94. The van der Waals surface area contributed by atoms with Gasteiger partial charge in [-0.15, -0.1) is 0 Å². The van der Waals surface area contributed by atoms with Crippen molar-refractivity contribution in [3.8, 4) is 0 Å². The van der Waals surface area contributed by atoms with E-state index in [4.69, 9.17) is 0 Å². The van der Waals surface area contributed by atoms with Crippen LogP contribution in [0.1, 0.15) is 45.4 Å². The van der Waals surface area contributed by atoms with Gasteiger partial charge in [0.05, 0.1) is 0 Å². The van der Waals surface area contributed by atoms with Gasteiger partial charge < -0.3 is 10.6 Å². The summed E-state index contributed by atoms with van der Waals surface area (Å²) in [7, 11) is 0. The first-order valence-corrected chi connectivity index (χ1v) is 7.23. The van der Waals surface area contributed by atoms with Crippen LogP contribution in [0.3, 0.4) is 0 Å². The first-order valence-electron chi connectivity index (χ1n) is 7.23. The molecule has 4 atom stereocenters. The van der Waals surface area contributed by atoms with Gasteiger partial charge in [0.25, 0.3) is 0 Å². The SMILES string of the molecule is C[C@@H]1CC(=O)N[C@H](C(=O)N[C@@H]2C[C@H]2C2CCC2)C1. The highest BCUT2D eigenvalue weighted by molar-refractivity contribution is 5.89. The lowest BCUT2D eigenvalue weighted by molar-refractivity contribution is -0.132. The van der Waals surface area contributed by atoms with Crippen LogP contribution >= 0.6 is 0 Å². The lowest BCUT2D eigenvalue weighted by Crippen LogP contribution is -2.51. The molecule has 3 rings (SSSR count). The monoisotopic (exact) mass is 250 g/mol. The zero-order valence-electron chi connectivity index (χ0n) is 10.9. The topological polar surface area (TPSA) is 58.2 Å². The normalized spacial score (nSPS) is 39.7. The molecule has 4 heteroatoms. The summed E-state index contributed by atoms with van der Waals surface area (Å²) in [5.41, 5.74) is 0. The third-order valence-electron chi connectivity index (χ3n) is 4.75. The van der Waals surface area contributed by atoms with Gasteiger partial charge >= 0.3 is 0 Å². The molecule has 0 aromatic rings. The van der Waals surface area contributed by atoms with Gasteiger partial charge in [0.1, 0.15) is 6.04 Å². The highest BCUT2D eigenvalue weighted by Gasteiger charge is 2.46. The standard InChI is InChI=1S/C14H22N2O2/c1-8-5-12(15-13(17)6-8)14(18)16-11-7-10(11)9-3-2-4-9/h8-12H,2-7H2,1H3,(H,15,17)(H,16,18)/t8-,10-,11+,12-/m0/s1. The van der Waals surface area contributed by atoms with E-state index in [1.54, 1.807) is 0 Å². The maximum atomic E-state index is 12.1. The van der Waals surface area contributed by atoms with Gasteiger partial charge in [-0.25, -0.2) is 0 Å². The van der Waals surface area contributed by atoms with E-state index in [1.807, 2.05) is 6.92 Å². The summed E-state index contributed by atoms with van der Waals surface area (Å²) in [6.07, 6.45) is 6.52. The second kappa shape index (κ2) is 4.56. The Balaban J connectivity index is 1.48. The van der Waals surface area contributed by atoms with Crippen LogP contribution in [-0.4, -0.2) is 23.9 Å². The van der Waals surface area contributed by atoms with Crippen molar-refractivity contribution < 1.29 is 9.59 Å². The molecule has 2 amide bonds. The Kier molecular flexibility index (Phi) is 3.04. The Morgan fingerprint density at radius 3 is 2.72 bits per heavy atom. The number of amides is 2. The Hall–Kier alpha value is -1.06. The molecule has 1 aliphatic heterocycles. The Morgan fingerprint density at radius 2 is 2.11 bits per heavy atom. The predicted molar refractivity (Wildman–Crippen MR) is 67.7 cm³/mol. The second-order valence-corrected chi connectivity index (χ2v) is 6.37. The molecule has 0 radical (unpaired) electrons. The van der Waals surface area contributed by atoms with Crippen LogP contribution < -0.4 is 10.6 Å². The number of hydrogen-bond acceptors (Lipinski definition) is 2. The lowest BCUT2D eigenvalue weighted by atomic mass is 9.81. The maximum Gasteiger partial charge on any atom is 0.242 e. The van der Waals surface area contributed by atoms with Crippen LogP contribution in [0, 0.1) is 17.8 Å². The largest absolute Gasteiger partial charge is 0.351 e. The minimum absolute atomic E-state index is 0.0141. The molecule has 0 unspecified atom stereocenters. The molecule has 1 saturated heterocycles. The molecule has 100 valence electrons. The third-order valence-corrected chi connectivity index (χ3v) is 4.75. The number of carbonyl (C=O) groups excluding carboxylic acids is 2. The molecular weight excluding hydrogens is 228 g/mol. The van der Waals surface area contributed by atoms with Crippen molar-refractivity contribution in [3.05, 3.63) is 0 Å². The molecule has 0 aromatic heterocycles. The molecule has 18 heavy (non-hydrogen) atoms. The molecule has 3 fully saturated rings. The predicted octanol–water partition coefficient (Wildman–Crippen LogP) is 1.21. The quantitative estimate of drug-likeness (QED) is 0.791. The van der Waals surface area contributed by atoms with Crippen LogP contribution in [0.4, 0.5) is 0 Å². The molecule has 4 nitrogen and oxygen atoms in total. The maximum absolute atomic E-state index is 12.1. The van der Waals surface area contributed by atoms with Crippen LogP contribution in [0.25, 0.3) is 0 Å². The average molecular weight is 250 g/mol. The van der Waals surface area contributed by atoms with Gasteiger partial charge in [-0.2, -0.15) is 0 Å². The number of nitrogens with one attached hydrogen (secondary N) is 2. The summed E-state index contributed by atoms with van der Waals surface area (Å²) < 4.78 is 0. The third kappa shape index (κ3) is 2.38. The minimum Gasteiger partial charge on any atom is -0.351 e. The molecule has 0 aromatic carbocycles. The summed E-state index contributed by atoms with van der Waals surface area (Å²) in [5, 5.41) is 5.91. The van der Waals surface area contributed by atoms with Crippen LogP contribution in [0.15, 0.2) is 0 Å². The van der Waals surface area contributed by atoms with Gasteiger partial charge in [-0.1, -0.05) is 26.2 Å². The van der Waals surface area contributed by atoms with E-state index >= 15 is 0 Å². The lowest BCUT2D eigenvalue weighted by Gasteiger charge is -2.28. The smallest absolute Gasteiger partial charge is 0.242 e. The Bertz CT molecular complexity index is 365. The molecule has 0 spiro atoms. The van der Waals surface area contributed by atoms with E-state index in [9.17, 15) is 9.59 Å². The van der Waals surface area contributed by atoms with E-state index in [2.05, 4.69) is 10.6 Å². The fourth-order valence-corrected chi connectivity index (χ4v) is 3.34. The van der Waals surface area contributed by atoms with Crippen LogP contribution in [0.2, 0.25) is 0 Å².